The van der Waals surface area contributed by atoms with E-state index in [2.05, 4.69) is 10.6 Å². The van der Waals surface area contributed by atoms with Gasteiger partial charge in [0, 0.05) is 18.6 Å². The van der Waals surface area contributed by atoms with Gasteiger partial charge in [0.2, 0.25) is 0 Å². The number of nitrogens with one attached hydrogen (secondary N) is 2. The minimum Gasteiger partial charge on any atom is -0.445 e. The van der Waals surface area contributed by atoms with Gasteiger partial charge in [0.15, 0.2) is 0 Å². The predicted octanol–water partition coefficient (Wildman–Crippen LogP) is 1.91. The van der Waals surface area contributed by atoms with Gasteiger partial charge in [-0.2, -0.15) is 0 Å². The maximum absolute atomic E-state index is 11.6. The molecule has 0 bridgehead atoms. The molecule has 2 rings (SSSR count). The molecule has 25 heavy (non-hydrogen) atoms. The highest BCUT2D eigenvalue weighted by Gasteiger charge is 2.28. The van der Waals surface area contributed by atoms with Crippen molar-refractivity contribution in [2.75, 3.05) is 13.1 Å². The van der Waals surface area contributed by atoms with Crippen LogP contribution < -0.4 is 16.4 Å². The van der Waals surface area contributed by atoms with Crippen molar-refractivity contribution >= 4 is 6.09 Å². The number of carbonyl (C=O) groups is 1. The molecule has 1 aliphatic carbocycles. The van der Waals surface area contributed by atoms with Crippen LogP contribution in [0.25, 0.3) is 0 Å². The molecule has 1 amide bonds. The third kappa shape index (κ3) is 7.42. The van der Waals surface area contributed by atoms with Crippen molar-refractivity contribution < 1.29 is 14.6 Å². The van der Waals surface area contributed by atoms with E-state index < -0.39 is 0 Å². The Morgan fingerprint density at radius 1 is 1.16 bits per heavy atom. The number of aliphatic hydroxyl groups excluding tert-OH is 1. The second-order valence-electron chi connectivity index (χ2n) is 6.69. The Kier molecular flexibility index (Phi) is 8.72. The first-order chi connectivity index (χ1) is 12.2. The van der Waals surface area contributed by atoms with E-state index in [4.69, 9.17) is 10.5 Å². The van der Waals surface area contributed by atoms with E-state index in [1.807, 2.05) is 30.3 Å². The number of amides is 1. The molecule has 6 heteroatoms. The summed E-state index contributed by atoms with van der Waals surface area (Å²) in [6.07, 6.45) is 5.10. The van der Waals surface area contributed by atoms with E-state index >= 15 is 0 Å². The number of unbranched alkanes of at least 4 members (excludes halogenated alkanes) is 2. The highest BCUT2D eigenvalue weighted by molar-refractivity contribution is 5.67. The molecule has 0 heterocycles. The zero-order valence-corrected chi connectivity index (χ0v) is 14.8. The summed E-state index contributed by atoms with van der Waals surface area (Å²) in [7, 11) is 0. The topological polar surface area (TPSA) is 96.6 Å². The second kappa shape index (κ2) is 11.1. The molecule has 1 saturated carbocycles. The number of nitrogens with two attached hydrogens (primary N) is 1. The Balaban J connectivity index is 1.44. The predicted molar refractivity (Wildman–Crippen MR) is 98.1 cm³/mol. The Morgan fingerprint density at radius 3 is 2.72 bits per heavy atom. The van der Waals surface area contributed by atoms with Crippen molar-refractivity contribution in [3.05, 3.63) is 35.9 Å². The Hall–Kier alpha value is -1.63. The Bertz CT molecular complexity index is 498. The summed E-state index contributed by atoms with van der Waals surface area (Å²) < 4.78 is 5.16. The number of rotatable bonds is 9. The number of alkyl carbamates (subject to hydrolysis) is 1. The van der Waals surface area contributed by atoms with Gasteiger partial charge in [0.1, 0.15) is 6.61 Å². The molecule has 140 valence electrons. The molecule has 0 radical (unpaired) electrons. The summed E-state index contributed by atoms with van der Waals surface area (Å²) in [5, 5.41) is 16.0. The van der Waals surface area contributed by atoms with E-state index in [-0.39, 0.29) is 24.3 Å². The molecule has 3 atom stereocenters. The minimum absolute atomic E-state index is 0.158. The quantitative estimate of drug-likeness (QED) is 0.511. The zero-order chi connectivity index (χ0) is 17.9. The summed E-state index contributed by atoms with van der Waals surface area (Å²) in [4.78, 5) is 11.6. The van der Waals surface area contributed by atoms with Gasteiger partial charge in [-0.15, -0.1) is 0 Å². The second-order valence-corrected chi connectivity index (χ2v) is 6.69. The average Bonchev–Trinajstić information content (AvgIpc) is 2.63. The maximum Gasteiger partial charge on any atom is 0.407 e. The number of hydrogen-bond donors (Lipinski definition) is 4. The third-order valence-corrected chi connectivity index (χ3v) is 4.67. The van der Waals surface area contributed by atoms with E-state index in [1.165, 1.54) is 0 Å². The fourth-order valence-corrected chi connectivity index (χ4v) is 3.12. The lowest BCUT2D eigenvalue weighted by molar-refractivity contribution is 0.0883. The van der Waals surface area contributed by atoms with Crippen LogP contribution >= 0.6 is 0 Å². The third-order valence-electron chi connectivity index (χ3n) is 4.67. The van der Waals surface area contributed by atoms with Gasteiger partial charge < -0.3 is 26.2 Å². The van der Waals surface area contributed by atoms with Crippen LogP contribution in [-0.4, -0.2) is 42.5 Å². The highest BCUT2D eigenvalue weighted by atomic mass is 16.5. The zero-order valence-electron chi connectivity index (χ0n) is 14.8. The average molecular weight is 349 g/mol. The van der Waals surface area contributed by atoms with Crippen molar-refractivity contribution in [1.82, 2.24) is 10.6 Å². The summed E-state index contributed by atoms with van der Waals surface area (Å²) in [5.41, 5.74) is 7.00. The number of hydrogen-bond acceptors (Lipinski definition) is 5. The molecule has 0 aromatic heterocycles. The molecule has 1 unspecified atom stereocenters. The summed E-state index contributed by atoms with van der Waals surface area (Å²) in [6, 6.07) is 9.69. The lowest BCUT2D eigenvalue weighted by atomic mass is 9.88. The molecule has 0 aliphatic heterocycles. The molecule has 1 aliphatic rings. The fraction of sp³-hybridized carbons (Fsp3) is 0.632. The van der Waals surface area contributed by atoms with Crippen LogP contribution in [0.15, 0.2) is 30.3 Å². The number of ether oxygens (including phenoxy) is 1. The van der Waals surface area contributed by atoms with Crippen LogP contribution in [0.5, 0.6) is 0 Å². The molecule has 1 aromatic rings. The molecule has 1 fully saturated rings. The smallest absolute Gasteiger partial charge is 0.407 e. The summed E-state index contributed by atoms with van der Waals surface area (Å²) in [5.74, 6) is 0. The van der Waals surface area contributed by atoms with Crippen LogP contribution in [-0.2, 0) is 11.3 Å². The van der Waals surface area contributed by atoms with Gasteiger partial charge in [-0.1, -0.05) is 36.8 Å². The molecular weight excluding hydrogens is 318 g/mol. The van der Waals surface area contributed by atoms with Gasteiger partial charge in [0.05, 0.1) is 6.10 Å². The first kappa shape index (κ1) is 19.7. The van der Waals surface area contributed by atoms with Crippen LogP contribution in [0, 0.1) is 0 Å². The molecule has 6 nitrogen and oxygen atoms in total. The lowest BCUT2D eigenvalue weighted by Gasteiger charge is -2.33. The standard InChI is InChI=1S/C19H31N3O3/c20-18-16(10-7-11-17(18)23)21-12-5-2-6-13-22-19(24)25-14-15-8-3-1-4-9-15/h1,3-4,8-9,16-18,21,23H,2,5-7,10-14,20H2,(H,22,24)/t16?,17-,18+/m1/s1. The fourth-order valence-electron chi connectivity index (χ4n) is 3.12. The summed E-state index contributed by atoms with van der Waals surface area (Å²) in [6.45, 7) is 1.81. The van der Waals surface area contributed by atoms with Gasteiger partial charge in [-0.25, -0.2) is 4.79 Å². The van der Waals surface area contributed by atoms with Gasteiger partial charge in [-0.05, 0) is 44.2 Å². The molecular formula is C19H31N3O3. The first-order valence-corrected chi connectivity index (χ1v) is 9.28. The normalized spacial score (nSPS) is 23.2. The van der Waals surface area contributed by atoms with Crippen molar-refractivity contribution in [3.63, 3.8) is 0 Å². The van der Waals surface area contributed by atoms with Crippen LogP contribution in [0.4, 0.5) is 4.79 Å². The maximum atomic E-state index is 11.6. The van der Waals surface area contributed by atoms with Crippen molar-refractivity contribution in [3.8, 4) is 0 Å². The van der Waals surface area contributed by atoms with Crippen molar-refractivity contribution in [1.29, 1.82) is 0 Å². The molecule has 1 aromatic carbocycles. The minimum atomic E-state index is -0.377. The monoisotopic (exact) mass is 349 g/mol. The van der Waals surface area contributed by atoms with Crippen molar-refractivity contribution in [2.45, 2.75) is 63.3 Å². The van der Waals surface area contributed by atoms with Crippen LogP contribution in [0.3, 0.4) is 0 Å². The van der Waals surface area contributed by atoms with Gasteiger partial charge >= 0.3 is 6.09 Å². The first-order valence-electron chi connectivity index (χ1n) is 9.28. The van der Waals surface area contributed by atoms with E-state index in [1.54, 1.807) is 0 Å². The largest absolute Gasteiger partial charge is 0.445 e. The Morgan fingerprint density at radius 2 is 1.92 bits per heavy atom. The Labute approximate surface area is 150 Å². The number of aliphatic hydroxyl groups is 1. The van der Waals surface area contributed by atoms with E-state index in [9.17, 15) is 9.90 Å². The van der Waals surface area contributed by atoms with E-state index in [0.29, 0.717) is 13.2 Å². The lowest BCUT2D eigenvalue weighted by Crippen LogP contribution is -2.54. The number of carbonyl (C=O) groups excluding carboxylic acids is 1. The van der Waals surface area contributed by atoms with Gasteiger partial charge in [-0.3, -0.25) is 0 Å². The van der Waals surface area contributed by atoms with Gasteiger partial charge in [0.25, 0.3) is 0 Å². The van der Waals surface area contributed by atoms with Crippen LogP contribution in [0.2, 0.25) is 0 Å². The SMILES string of the molecule is N[C@H]1C(NCCCCCNC(=O)OCc2ccccc2)CCC[C@H]1O. The van der Waals surface area contributed by atoms with Crippen LogP contribution in [0.1, 0.15) is 44.1 Å². The van der Waals surface area contributed by atoms with Crippen molar-refractivity contribution in [2.24, 2.45) is 5.73 Å². The summed E-state index contributed by atoms with van der Waals surface area (Å²) >= 11 is 0. The molecule has 5 N–H and O–H groups in total. The molecule has 0 spiro atoms. The van der Waals surface area contributed by atoms with E-state index in [0.717, 1.165) is 50.6 Å². The highest BCUT2D eigenvalue weighted by Crippen LogP contribution is 2.17. The number of benzene rings is 1. The molecule has 0 saturated heterocycles.